The molecule has 4 aromatic heterocycles. The molecule has 0 saturated heterocycles. The second kappa shape index (κ2) is 7.98. The summed E-state index contributed by atoms with van der Waals surface area (Å²) in [6, 6.07) is 14.4. The molecule has 0 N–H and O–H groups in total. The zero-order chi connectivity index (χ0) is 22.4. The van der Waals surface area contributed by atoms with Crippen molar-refractivity contribution in [2.45, 2.75) is 6.61 Å². The van der Waals surface area contributed by atoms with Gasteiger partial charge in [-0.2, -0.15) is 0 Å². The summed E-state index contributed by atoms with van der Waals surface area (Å²) in [5.41, 5.74) is 2.79. The number of imidazole rings is 1. The predicted octanol–water partition coefficient (Wildman–Crippen LogP) is 6.05. The lowest BCUT2D eigenvalue weighted by Crippen LogP contribution is -1.96. The molecule has 33 heavy (non-hydrogen) atoms. The lowest BCUT2D eigenvalue weighted by Gasteiger charge is -2.05. The first-order valence-corrected chi connectivity index (χ1v) is 11.6. The molecule has 0 bridgehead atoms. The van der Waals surface area contributed by atoms with Crippen LogP contribution in [0, 0.1) is 5.82 Å². The molecule has 0 aliphatic rings. The first-order chi connectivity index (χ1) is 16.2. The molecule has 0 atom stereocenters. The van der Waals surface area contributed by atoms with E-state index in [1.807, 2.05) is 35.7 Å². The Morgan fingerprint density at radius 3 is 2.82 bits per heavy atom. The summed E-state index contributed by atoms with van der Waals surface area (Å²) in [7, 11) is 1.56. The van der Waals surface area contributed by atoms with Gasteiger partial charge in [0, 0.05) is 23.1 Å². The summed E-state index contributed by atoms with van der Waals surface area (Å²) in [4.78, 5) is 9.83. The highest BCUT2D eigenvalue weighted by atomic mass is 32.1. The van der Waals surface area contributed by atoms with Gasteiger partial charge in [-0.05, 0) is 17.4 Å². The number of benzene rings is 2. The van der Waals surface area contributed by atoms with Crippen LogP contribution in [-0.2, 0) is 6.61 Å². The summed E-state index contributed by atoms with van der Waals surface area (Å²) < 4.78 is 32.8. The molecule has 4 heterocycles. The van der Waals surface area contributed by atoms with Crippen LogP contribution in [0.5, 0.6) is 10.9 Å². The topological polar surface area (TPSA) is 74.7 Å². The summed E-state index contributed by atoms with van der Waals surface area (Å²) in [5, 5.41) is 8.30. The van der Waals surface area contributed by atoms with Crippen molar-refractivity contribution in [2.24, 2.45) is 0 Å². The lowest BCUT2D eigenvalue weighted by molar-refractivity contribution is 0.304. The van der Waals surface area contributed by atoms with Gasteiger partial charge in [-0.3, -0.25) is 0 Å². The molecule has 0 radical (unpaired) electrons. The highest BCUT2D eigenvalue weighted by molar-refractivity contribution is 7.18. The minimum atomic E-state index is -0.445. The van der Waals surface area contributed by atoms with Crippen LogP contribution in [-0.4, -0.2) is 26.7 Å². The van der Waals surface area contributed by atoms with Crippen molar-refractivity contribution >= 4 is 38.6 Å². The molecule has 7 nitrogen and oxygen atoms in total. The molecule has 164 valence electrons. The van der Waals surface area contributed by atoms with E-state index in [0.29, 0.717) is 38.3 Å². The van der Waals surface area contributed by atoms with Gasteiger partial charge in [0.1, 0.15) is 34.5 Å². The van der Waals surface area contributed by atoms with Gasteiger partial charge in [0.2, 0.25) is 4.96 Å². The minimum absolute atomic E-state index is 0.215. The van der Waals surface area contributed by atoms with Crippen LogP contribution < -0.4 is 9.47 Å². The summed E-state index contributed by atoms with van der Waals surface area (Å²) in [6.07, 6.45) is 1.74. The van der Waals surface area contributed by atoms with Gasteiger partial charge in [-0.15, -0.1) is 16.4 Å². The smallest absolute Gasteiger partial charge is 0.294 e. The van der Waals surface area contributed by atoms with E-state index in [9.17, 15) is 4.39 Å². The Kier molecular flexibility index (Phi) is 4.81. The molecule has 0 spiro atoms. The summed E-state index contributed by atoms with van der Waals surface area (Å²) in [6.45, 7) is 0.215. The molecule has 10 heteroatoms. The van der Waals surface area contributed by atoms with E-state index in [2.05, 4.69) is 15.1 Å². The van der Waals surface area contributed by atoms with E-state index >= 15 is 0 Å². The molecule has 6 rings (SSSR count). The van der Waals surface area contributed by atoms with Crippen LogP contribution in [0.15, 0.2) is 64.5 Å². The molecule has 0 saturated carbocycles. The number of nitrogens with zero attached hydrogens (tertiary/aromatic N) is 4. The SMILES string of the molecule is COc1nn2cc(-c3cc4c(OCc5csc(-c6ccccc6)n5)cc(F)cc4o3)nc2s1. The fraction of sp³-hybridized carbons (Fsp3) is 0.0870. The van der Waals surface area contributed by atoms with E-state index in [-0.39, 0.29) is 6.61 Å². The number of thiazole rings is 1. The van der Waals surface area contributed by atoms with Crippen molar-refractivity contribution in [2.75, 3.05) is 7.11 Å². The number of aromatic nitrogens is 4. The molecule has 0 amide bonds. The Hall–Kier alpha value is -3.76. The first kappa shape index (κ1) is 19.9. The maximum Gasteiger partial charge on any atom is 0.294 e. The van der Waals surface area contributed by atoms with E-state index in [1.54, 1.807) is 35.2 Å². The van der Waals surface area contributed by atoms with Gasteiger partial charge in [-0.25, -0.2) is 18.9 Å². The van der Waals surface area contributed by atoms with Gasteiger partial charge in [-0.1, -0.05) is 30.3 Å². The highest BCUT2D eigenvalue weighted by Crippen LogP contribution is 2.35. The maximum absolute atomic E-state index is 14.3. The van der Waals surface area contributed by atoms with E-state index in [4.69, 9.17) is 13.9 Å². The molecule has 0 unspecified atom stereocenters. The molecule has 0 aliphatic heterocycles. The van der Waals surface area contributed by atoms with Crippen molar-refractivity contribution in [1.29, 1.82) is 0 Å². The Labute approximate surface area is 194 Å². The van der Waals surface area contributed by atoms with Gasteiger partial charge in [0.25, 0.3) is 5.19 Å². The second-order valence-corrected chi connectivity index (χ2v) is 8.93. The van der Waals surface area contributed by atoms with Crippen LogP contribution in [0.4, 0.5) is 4.39 Å². The number of furan rings is 1. The van der Waals surface area contributed by atoms with E-state index in [1.165, 1.54) is 23.5 Å². The number of rotatable bonds is 6. The average molecular weight is 479 g/mol. The number of fused-ring (bicyclic) bond motifs is 2. The lowest BCUT2D eigenvalue weighted by atomic mass is 10.2. The van der Waals surface area contributed by atoms with Crippen molar-refractivity contribution < 1.29 is 18.3 Å². The van der Waals surface area contributed by atoms with Gasteiger partial charge >= 0.3 is 0 Å². The second-order valence-electron chi connectivity index (χ2n) is 7.15. The zero-order valence-electron chi connectivity index (χ0n) is 17.2. The van der Waals surface area contributed by atoms with Crippen LogP contribution >= 0.6 is 22.7 Å². The van der Waals surface area contributed by atoms with Crippen LogP contribution in [0.3, 0.4) is 0 Å². The molecule has 0 fully saturated rings. The summed E-state index contributed by atoms with van der Waals surface area (Å²) in [5.74, 6) is 0.436. The van der Waals surface area contributed by atoms with Gasteiger partial charge in [0.15, 0.2) is 5.76 Å². The monoisotopic (exact) mass is 478 g/mol. The van der Waals surface area contributed by atoms with Crippen molar-refractivity contribution in [3.63, 3.8) is 0 Å². The normalized spacial score (nSPS) is 11.5. The number of methoxy groups -OCH3 is 1. The van der Waals surface area contributed by atoms with Crippen molar-refractivity contribution in [3.8, 4) is 33.0 Å². The number of hydrogen-bond acceptors (Lipinski definition) is 8. The third-order valence-corrected chi connectivity index (χ3v) is 6.79. The molecular formula is C23H15FN4O3S2. The number of halogens is 1. The predicted molar refractivity (Wildman–Crippen MR) is 124 cm³/mol. The fourth-order valence-corrected chi connectivity index (χ4v) is 4.95. The molecule has 0 aliphatic carbocycles. The van der Waals surface area contributed by atoms with Crippen molar-refractivity contribution in [3.05, 3.63) is 71.6 Å². The standard InChI is InChI=1S/C23H15FN4O3S2/c1-29-23-27-28-10-17(26-22(28)33-23)20-9-16-18(7-14(24)8-19(16)31-20)30-11-15-12-32-21(25-15)13-5-3-2-4-6-13/h2-10,12H,11H2,1H3. The Morgan fingerprint density at radius 2 is 2.00 bits per heavy atom. The third-order valence-electron chi connectivity index (χ3n) is 4.96. The largest absolute Gasteiger partial charge is 0.486 e. The van der Waals surface area contributed by atoms with Gasteiger partial charge < -0.3 is 13.9 Å². The molecule has 6 aromatic rings. The van der Waals surface area contributed by atoms with E-state index in [0.717, 1.165) is 16.3 Å². The van der Waals surface area contributed by atoms with E-state index < -0.39 is 5.82 Å². The average Bonchev–Trinajstić information content (AvgIpc) is 3.59. The van der Waals surface area contributed by atoms with Crippen LogP contribution in [0.25, 0.3) is 38.0 Å². The minimum Gasteiger partial charge on any atom is -0.486 e. The van der Waals surface area contributed by atoms with Crippen LogP contribution in [0.1, 0.15) is 5.69 Å². The maximum atomic E-state index is 14.3. The summed E-state index contributed by atoms with van der Waals surface area (Å²) >= 11 is 2.86. The zero-order valence-corrected chi connectivity index (χ0v) is 18.8. The van der Waals surface area contributed by atoms with Crippen LogP contribution in [0.2, 0.25) is 0 Å². The quantitative estimate of drug-likeness (QED) is 0.290. The Bertz CT molecular complexity index is 1550. The molecular weight excluding hydrogens is 463 g/mol. The highest BCUT2D eigenvalue weighted by Gasteiger charge is 2.17. The first-order valence-electron chi connectivity index (χ1n) is 9.92. The Balaban J connectivity index is 1.28. The molecule has 2 aromatic carbocycles. The number of ether oxygens (including phenoxy) is 2. The number of hydrogen-bond donors (Lipinski definition) is 0. The fourth-order valence-electron chi connectivity index (χ4n) is 3.44. The third kappa shape index (κ3) is 3.73. The Morgan fingerprint density at radius 1 is 1.12 bits per heavy atom. The van der Waals surface area contributed by atoms with Crippen molar-refractivity contribution in [1.82, 2.24) is 19.6 Å². The van der Waals surface area contributed by atoms with Gasteiger partial charge in [0.05, 0.1) is 24.4 Å².